The standard InChI is InChI=1S/C20H22ClN3O3S2/c1-2-19(24-9-11-28-12-10-24)29(26,27)16-6-4-15(5-7-16)23-20(25)17-13-14(21)3-8-18(17)22/h2-8,13,19H,1,9-12,22H2,(H,23,25). The van der Waals surface area contributed by atoms with Gasteiger partial charge in [-0.25, -0.2) is 8.42 Å². The zero-order valence-corrected chi connectivity index (χ0v) is 18.1. The minimum absolute atomic E-state index is 0.181. The third-order valence-electron chi connectivity index (χ3n) is 4.63. The number of rotatable bonds is 6. The quantitative estimate of drug-likeness (QED) is 0.515. The lowest BCUT2D eigenvalue weighted by Crippen LogP contribution is -2.44. The fourth-order valence-corrected chi connectivity index (χ4v) is 5.85. The maximum Gasteiger partial charge on any atom is 0.257 e. The molecule has 2 aromatic carbocycles. The van der Waals surface area contributed by atoms with Crippen LogP contribution in [0.1, 0.15) is 10.4 Å². The first-order valence-electron chi connectivity index (χ1n) is 8.97. The molecule has 6 nitrogen and oxygen atoms in total. The minimum atomic E-state index is -3.61. The number of hydrogen-bond donors (Lipinski definition) is 2. The molecule has 1 saturated heterocycles. The molecule has 0 aromatic heterocycles. The van der Waals surface area contributed by atoms with Crippen LogP contribution >= 0.6 is 23.4 Å². The number of amides is 1. The third-order valence-corrected chi connectivity index (χ3v) is 7.86. The van der Waals surface area contributed by atoms with Crippen molar-refractivity contribution in [1.29, 1.82) is 0 Å². The number of carbonyl (C=O) groups excluding carboxylic acids is 1. The van der Waals surface area contributed by atoms with E-state index in [1.165, 1.54) is 24.3 Å². The summed E-state index contributed by atoms with van der Waals surface area (Å²) in [7, 11) is -3.61. The summed E-state index contributed by atoms with van der Waals surface area (Å²) in [6.45, 7) is 5.13. The average molecular weight is 452 g/mol. The SMILES string of the molecule is C=CC(N1CCSCC1)S(=O)(=O)c1ccc(NC(=O)c2cc(Cl)ccc2N)cc1. The Morgan fingerprint density at radius 3 is 2.48 bits per heavy atom. The maximum absolute atomic E-state index is 13.1. The number of thioether (sulfide) groups is 1. The lowest BCUT2D eigenvalue weighted by molar-refractivity contribution is 0.102. The van der Waals surface area contributed by atoms with E-state index in [4.69, 9.17) is 17.3 Å². The van der Waals surface area contributed by atoms with Crippen molar-refractivity contribution in [3.05, 3.63) is 65.7 Å². The highest BCUT2D eigenvalue weighted by Gasteiger charge is 2.31. The molecule has 1 amide bonds. The van der Waals surface area contributed by atoms with Crippen molar-refractivity contribution in [3.8, 4) is 0 Å². The van der Waals surface area contributed by atoms with E-state index in [2.05, 4.69) is 11.9 Å². The van der Waals surface area contributed by atoms with E-state index in [1.807, 2.05) is 16.7 Å². The number of carbonyl (C=O) groups is 1. The number of nitrogens with one attached hydrogen (secondary N) is 1. The van der Waals surface area contributed by atoms with Crippen LogP contribution in [0, 0.1) is 0 Å². The van der Waals surface area contributed by atoms with Crippen LogP contribution < -0.4 is 11.1 Å². The van der Waals surface area contributed by atoms with Crippen LogP contribution in [0.2, 0.25) is 5.02 Å². The number of hydrogen-bond acceptors (Lipinski definition) is 6. The van der Waals surface area contributed by atoms with E-state index >= 15 is 0 Å². The van der Waals surface area contributed by atoms with Gasteiger partial charge in [-0.15, -0.1) is 6.58 Å². The fraction of sp³-hybridized carbons (Fsp3) is 0.250. The highest BCUT2D eigenvalue weighted by atomic mass is 35.5. The van der Waals surface area contributed by atoms with Crippen molar-refractivity contribution >= 4 is 50.5 Å². The Bertz CT molecular complexity index is 1000. The molecule has 0 bridgehead atoms. The van der Waals surface area contributed by atoms with Crippen LogP contribution in [0.25, 0.3) is 0 Å². The number of anilines is 2. The number of nitrogens with two attached hydrogens (primary N) is 1. The summed E-state index contributed by atoms with van der Waals surface area (Å²) in [5.41, 5.74) is 6.85. The van der Waals surface area contributed by atoms with Crippen LogP contribution in [-0.4, -0.2) is 49.2 Å². The third kappa shape index (κ3) is 4.95. The molecule has 3 rings (SSSR count). The first-order chi connectivity index (χ1) is 13.8. The second-order valence-corrected chi connectivity index (χ2v) is 10.2. The molecule has 154 valence electrons. The molecule has 1 heterocycles. The molecule has 0 aliphatic carbocycles. The van der Waals surface area contributed by atoms with Crippen molar-refractivity contribution in [2.24, 2.45) is 0 Å². The predicted molar refractivity (Wildman–Crippen MR) is 120 cm³/mol. The molecule has 29 heavy (non-hydrogen) atoms. The summed E-state index contributed by atoms with van der Waals surface area (Å²) in [5.74, 6) is 1.38. The summed E-state index contributed by atoms with van der Waals surface area (Å²) in [6.07, 6.45) is 1.48. The van der Waals surface area contributed by atoms with Crippen LogP contribution in [-0.2, 0) is 9.84 Å². The van der Waals surface area contributed by atoms with E-state index in [0.717, 1.165) is 11.5 Å². The molecular weight excluding hydrogens is 430 g/mol. The van der Waals surface area contributed by atoms with Gasteiger partial charge in [0.2, 0.25) is 0 Å². The molecule has 1 aliphatic rings. The Labute approximate surface area is 180 Å². The monoisotopic (exact) mass is 451 g/mol. The van der Waals surface area contributed by atoms with Gasteiger partial charge in [-0.1, -0.05) is 17.7 Å². The van der Waals surface area contributed by atoms with Crippen LogP contribution in [0.5, 0.6) is 0 Å². The zero-order chi connectivity index (χ0) is 21.0. The number of nitrogens with zero attached hydrogens (tertiary/aromatic N) is 1. The number of halogens is 1. The molecular formula is C20H22ClN3O3S2. The second kappa shape index (κ2) is 9.21. The van der Waals surface area contributed by atoms with Crippen molar-refractivity contribution in [2.75, 3.05) is 35.6 Å². The summed E-state index contributed by atoms with van der Waals surface area (Å²) in [5, 5.41) is 2.34. The van der Waals surface area contributed by atoms with Gasteiger partial charge in [0, 0.05) is 41.0 Å². The van der Waals surface area contributed by atoms with Crippen LogP contribution in [0.3, 0.4) is 0 Å². The first kappa shape index (κ1) is 21.7. The fourth-order valence-electron chi connectivity index (χ4n) is 3.09. The second-order valence-electron chi connectivity index (χ2n) is 6.53. The van der Waals surface area contributed by atoms with Crippen LogP contribution in [0.15, 0.2) is 60.0 Å². The molecule has 0 radical (unpaired) electrons. The van der Waals surface area contributed by atoms with Gasteiger partial charge >= 0.3 is 0 Å². The molecule has 0 spiro atoms. The van der Waals surface area contributed by atoms with Gasteiger partial charge in [-0.05, 0) is 42.5 Å². The van der Waals surface area contributed by atoms with E-state index in [0.29, 0.717) is 29.5 Å². The van der Waals surface area contributed by atoms with Crippen molar-refractivity contribution in [2.45, 2.75) is 10.3 Å². The van der Waals surface area contributed by atoms with Gasteiger partial charge < -0.3 is 11.1 Å². The molecule has 1 atom stereocenters. The van der Waals surface area contributed by atoms with Crippen molar-refractivity contribution in [1.82, 2.24) is 4.90 Å². The molecule has 0 saturated carbocycles. The maximum atomic E-state index is 13.1. The van der Waals surface area contributed by atoms with Gasteiger partial charge in [0.25, 0.3) is 5.91 Å². The van der Waals surface area contributed by atoms with Crippen molar-refractivity contribution < 1.29 is 13.2 Å². The van der Waals surface area contributed by atoms with Crippen LogP contribution in [0.4, 0.5) is 11.4 Å². The normalized spacial score (nSPS) is 16.2. The number of sulfone groups is 1. The molecule has 1 fully saturated rings. The largest absolute Gasteiger partial charge is 0.398 e. The Hall–Kier alpha value is -2.00. The molecule has 1 aliphatic heterocycles. The lowest BCUT2D eigenvalue weighted by atomic mass is 10.1. The van der Waals surface area contributed by atoms with Gasteiger partial charge in [-0.3, -0.25) is 9.69 Å². The summed E-state index contributed by atoms with van der Waals surface area (Å²) in [4.78, 5) is 14.5. The summed E-state index contributed by atoms with van der Waals surface area (Å²) in [6, 6.07) is 10.7. The van der Waals surface area contributed by atoms with Gasteiger partial charge in [0.05, 0.1) is 10.5 Å². The smallest absolute Gasteiger partial charge is 0.257 e. The van der Waals surface area contributed by atoms with Gasteiger partial charge in [0.1, 0.15) is 5.37 Å². The van der Waals surface area contributed by atoms with E-state index in [1.54, 1.807) is 24.3 Å². The Balaban J connectivity index is 1.77. The molecule has 3 N–H and O–H groups in total. The van der Waals surface area contributed by atoms with Crippen molar-refractivity contribution in [3.63, 3.8) is 0 Å². The van der Waals surface area contributed by atoms with E-state index < -0.39 is 21.1 Å². The number of nitrogen functional groups attached to an aromatic ring is 1. The van der Waals surface area contributed by atoms with Gasteiger partial charge in [-0.2, -0.15) is 11.8 Å². The topological polar surface area (TPSA) is 92.5 Å². The highest BCUT2D eigenvalue weighted by Crippen LogP contribution is 2.25. The predicted octanol–water partition coefficient (Wildman–Crippen LogP) is 3.51. The molecule has 9 heteroatoms. The van der Waals surface area contributed by atoms with Gasteiger partial charge in [0.15, 0.2) is 9.84 Å². The molecule has 1 unspecified atom stereocenters. The van der Waals surface area contributed by atoms with E-state index in [9.17, 15) is 13.2 Å². The Morgan fingerprint density at radius 2 is 1.86 bits per heavy atom. The summed E-state index contributed by atoms with van der Waals surface area (Å²) >= 11 is 7.74. The summed E-state index contributed by atoms with van der Waals surface area (Å²) < 4.78 is 26.1. The minimum Gasteiger partial charge on any atom is -0.398 e. The van der Waals surface area contributed by atoms with E-state index in [-0.39, 0.29) is 10.5 Å². The lowest BCUT2D eigenvalue weighted by Gasteiger charge is -2.32. The molecule has 2 aromatic rings. The first-order valence-corrected chi connectivity index (χ1v) is 12.1. The zero-order valence-electron chi connectivity index (χ0n) is 15.7. The Morgan fingerprint density at radius 1 is 1.21 bits per heavy atom. The Kier molecular flexibility index (Phi) is 6.89. The average Bonchev–Trinajstić information content (AvgIpc) is 2.71. The number of benzene rings is 2. The highest BCUT2D eigenvalue weighted by molar-refractivity contribution is 7.99.